The summed E-state index contributed by atoms with van der Waals surface area (Å²) in [6.45, 7) is 0.702. The molecule has 2 saturated carbocycles. The van der Waals surface area contributed by atoms with Crippen molar-refractivity contribution in [2.45, 2.75) is 63.5 Å². The van der Waals surface area contributed by atoms with Crippen LogP contribution in [0.25, 0.3) is 10.9 Å². The van der Waals surface area contributed by atoms with Crippen LogP contribution in [0.5, 0.6) is 0 Å². The van der Waals surface area contributed by atoms with Gasteiger partial charge in [0.05, 0.1) is 17.2 Å². The normalized spacial score (nSPS) is 16.6. The molecule has 2 aliphatic rings. The molecule has 0 radical (unpaired) electrons. The summed E-state index contributed by atoms with van der Waals surface area (Å²) < 4.78 is 17.0. The van der Waals surface area contributed by atoms with E-state index in [4.69, 9.17) is 0 Å². The van der Waals surface area contributed by atoms with Crippen molar-refractivity contribution < 1.29 is 19.1 Å². The van der Waals surface area contributed by atoms with Crippen LogP contribution in [0.1, 0.15) is 79.4 Å². The summed E-state index contributed by atoms with van der Waals surface area (Å²) >= 11 is 0. The highest BCUT2D eigenvalue weighted by Crippen LogP contribution is 2.34. The summed E-state index contributed by atoms with van der Waals surface area (Å²) in [7, 11) is 0. The van der Waals surface area contributed by atoms with Crippen LogP contribution in [0.3, 0.4) is 0 Å². The Labute approximate surface area is 214 Å². The van der Waals surface area contributed by atoms with E-state index in [1.165, 1.54) is 6.07 Å². The van der Waals surface area contributed by atoms with Gasteiger partial charge >= 0.3 is 5.97 Å². The van der Waals surface area contributed by atoms with Gasteiger partial charge in [0.25, 0.3) is 5.91 Å². The van der Waals surface area contributed by atoms with Gasteiger partial charge in [-0.15, -0.1) is 0 Å². The highest BCUT2D eigenvalue weighted by molar-refractivity contribution is 5.98. The van der Waals surface area contributed by atoms with Crippen molar-refractivity contribution in [3.05, 3.63) is 75.8 Å². The van der Waals surface area contributed by atoms with Crippen molar-refractivity contribution in [1.82, 2.24) is 9.88 Å². The topological polar surface area (TPSA) is 100 Å². The summed E-state index contributed by atoms with van der Waals surface area (Å²) in [5.74, 6) is -1.50. The largest absolute Gasteiger partial charge is 0.481 e. The second-order valence-corrected chi connectivity index (χ2v) is 10.3. The first-order chi connectivity index (χ1) is 17.9. The van der Waals surface area contributed by atoms with Crippen LogP contribution in [0.4, 0.5) is 10.1 Å². The van der Waals surface area contributed by atoms with Crippen LogP contribution in [-0.4, -0.2) is 28.1 Å². The number of carboxylic acid groups (broad SMARTS) is 1. The summed E-state index contributed by atoms with van der Waals surface area (Å²) in [6, 6.07) is 11.6. The predicted octanol–water partition coefficient (Wildman–Crippen LogP) is 5.41. The first-order valence-electron chi connectivity index (χ1n) is 13.1. The molecule has 1 heterocycles. The van der Waals surface area contributed by atoms with Crippen LogP contribution in [0.2, 0.25) is 0 Å². The molecule has 0 saturated heterocycles. The fraction of sp³-hybridized carbons (Fsp3) is 0.414. The number of hydrogen-bond acceptors (Lipinski definition) is 4. The Morgan fingerprint density at radius 3 is 2.49 bits per heavy atom. The van der Waals surface area contributed by atoms with Crippen molar-refractivity contribution in [2.24, 2.45) is 5.92 Å². The van der Waals surface area contributed by atoms with E-state index in [2.05, 4.69) is 10.6 Å². The van der Waals surface area contributed by atoms with Crippen molar-refractivity contribution in [1.29, 1.82) is 0 Å². The summed E-state index contributed by atoms with van der Waals surface area (Å²) in [4.78, 5) is 38.2. The minimum Gasteiger partial charge on any atom is -0.481 e. The van der Waals surface area contributed by atoms with Crippen LogP contribution in [0, 0.1) is 11.7 Å². The number of aliphatic carboxylic acids is 1. The Morgan fingerprint density at radius 1 is 1.08 bits per heavy atom. The molecule has 1 amide bonds. The van der Waals surface area contributed by atoms with Gasteiger partial charge in [-0.25, -0.2) is 4.39 Å². The second kappa shape index (κ2) is 10.7. The van der Waals surface area contributed by atoms with E-state index in [1.54, 1.807) is 12.3 Å². The van der Waals surface area contributed by atoms with E-state index in [0.29, 0.717) is 23.7 Å². The first-order valence-corrected chi connectivity index (χ1v) is 13.1. The second-order valence-electron chi connectivity index (χ2n) is 10.3. The lowest BCUT2D eigenvalue weighted by Crippen LogP contribution is -2.33. The number of fused-ring (bicyclic) bond motifs is 1. The molecule has 3 N–H and O–H groups in total. The number of halogens is 1. The van der Waals surface area contributed by atoms with Gasteiger partial charge in [-0.1, -0.05) is 43.2 Å². The molecule has 1 aromatic heterocycles. The Bertz CT molecular complexity index is 1360. The van der Waals surface area contributed by atoms with Crippen LogP contribution >= 0.6 is 0 Å². The number of carboxylic acids is 1. The molecule has 0 aliphatic heterocycles. The van der Waals surface area contributed by atoms with Crippen LogP contribution < -0.4 is 16.1 Å². The van der Waals surface area contributed by atoms with Crippen LogP contribution in [-0.2, 0) is 4.79 Å². The standard InChI is InChI=1S/C29H32FN3O4/c30-23-14-21-26(15-25(23)31-16-18-10-11-18)33(20-8-4-5-9-20)17-22(28(21)36)29(37)32-24(12-13-27(34)35)19-6-2-1-3-7-19/h1-3,6-7,14-15,17-18,20,24,31H,4-5,8-13,16H2,(H,32,37)(H,34,35)/t24-/m0/s1. The first kappa shape index (κ1) is 25.0. The number of benzene rings is 2. The highest BCUT2D eigenvalue weighted by atomic mass is 19.1. The zero-order chi connectivity index (χ0) is 25.9. The molecule has 194 valence electrons. The number of rotatable bonds is 10. The number of pyridine rings is 1. The number of anilines is 1. The molecule has 0 unspecified atom stereocenters. The zero-order valence-electron chi connectivity index (χ0n) is 20.7. The molecule has 5 rings (SSSR count). The van der Waals surface area contributed by atoms with E-state index in [0.717, 1.165) is 44.1 Å². The average Bonchev–Trinajstić information content (AvgIpc) is 3.57. The molecule has 0 spiro atoms. The van der Waals surface area contributed by atoms with Crippen molar-refractivity contribution >= 4 is 28.5 Å². The number of hydrogen-bond donors (Lipinski definition) is 3. The number of carbonyl (C=O) groups excluding carboxylic acids is 1. The van der Waals surface area contributed by atoms with E-state index >= 15 is 4.39 Å². The van der Waals surface area contributed by atoms with Crippen molar-refractivity contribution in [3.8, 4) is 0 Å². The molecular formula is C29H32FN3O4. The smallest absolute Gasteiger partial charge is 0.303 e. The van der Waals surface area contributed by atoms with Gasteiger partial charge in [0.1, 0.15) is 11.4 Å². The molecule has 2 aliphatic carbocycles. The van der Waals surface area contributed by atoms with Gasteiger partial charge in [0.2, 0.25) is 5.43 Å². The molecule has 2 aromatic carbocycles. The van der Waals surface area contributed by atoms with Crippen molar-refractivity contribution in [2.75, 3.05) is 11.9 Å². The zero-order valence-corrected chi connectivity index (χ0v) is 20.7. The fourth-order valence-electron chi connectivity index (χ4n) is 5.24. The fourth-order valence-corrected chi connectivity index (χ4v) is 5.24. The minimum absolute atomic E-state index is 0.0613. The molecule has 37 heavy (non-hydrogen) atoms. The predicted molar refractivity (Wildman–Crippen MR) is 140 cm³/mol. The number of aromatic nitrogens is 1. The Hall–Kier alpha value is -3.68. The maximum Gasteiger partial charge on any atom is 0.303 e. The monoisotopic (exact) mass is 505 g/mol. The molecule has 1 atom stereocenters. The van der Waals surface area contributed by atoms with E-state index in [9.17, 15) is 19.5 Å². The molecule has 3 aromatic rings. The lowest BCUT2D eigenvalue weighted by atomic mass is 10.0. The third kappa shape index (κ3) is 5.68. The van der Waals surface area contributed by atoms with Gasteiger partial charge in [0, 0.05) is 30.6 Å². The van der Waals surface area contributed by atoms with Crippen molar-refractivity contribution in [3.63, 3.8) is 0 Å². The quantitative estimate of drug-likeness (QED) is 0.342. The maximum atomic E-state index is 15.1. The number of amides is 1. The van der Waals surface area contributed by atoms with Gasteiger partial charge in [-0.2, -0.15) is 0 Å². The maximum absolute atomic E-state index is 15.1. The SMILES string of the molecule is O=C(O)CC[C@H](NC(=O)c1cn(C2CCCC2)c2cc(NCC3CC3)c(F)cc2c1=O)c1ccccc1. The molecule has 2 fully saturated rings. The van der Waals surface area contributed by atoms with E-state index in [-0.39, 0.29) is 29.8 Å². The van der Waals surface area contributed by atoms with E-state index < -0.39 is 29.2 Å². The lowest BCUT2D eigenvalue weighted by Gasteiger charge is -2.22. The molecule has 7 nitrogen and oxygen atoms in total. The van der Waals surface area contributed by atoms with Gasteiger partial charge < -0.3 is 20.3 Å². The number of nitrogens with one attached hydrogen (secondary N) is 2. The third-order valence-electron chi connectivity index (χ3n) is 7.52. The molecular weight excluding hydrogens is 473 g/mol. The number of carbonyl (C=O) groups is 2. The molecule has 8 heteroatoms. The van der Waals surface area contributed by atoms with Gasteiger partial charge in [-0.05, 0) is 55.7 Å². The van der Waals surface area contributed by atoms with Gasteiger partial charge in [-0.3, -0.25) is 14.4 Å². The van der Waals surface area contributed by atoms with Crippen LogP contribution in [0.15, 0.2) is 53.5 Å². The number of nitrogens with zero attached hydrogens (tertiary/aromatic N) is 1. The summed E-state index contributed by atoms with van der Waals surface area (Å²) in [5.41, 5.74) is 1.17. The van der Waals surface area contributed by atoms with Gasteiger partial charge in [0.15, 0.2) is 0 Å². The molecule has 0 bridgehead atoms. The minimum atomic E-state index is -0.967. The van der Waals surface area contributed by atoms with E-state index in [1.807, 2.05) is 34.9 Å². The average molecular weight is 506 g/mol. The Kier molecular flexibility index (Phi) is 7.26. The highest BCUT2D eigenvalue weighted by Gasteiger charge is 2.26. The lowest BCUT2D eigenvalue weighted by molar-refractivity contribution is -0.137. The Morgan fingerprint density at radius 2 is 1.81 bits per heavy atom. The summed E-state index contributed by atoms with van der Waals surface area (Å²) in [5, 5.41) is 15.4. The Balaban J connectivity index is 1.53. The summed E-state index contributed by atoms with van der Waals surface area (Å²) in [6.07, 6.45) is 7.90. The third-order valence-corrected chi connectivity index (χ3v) is 7.52.